The number of nitrogens with zero attached hydrogens (tertiary/aromatic N) is 3. The average molecular weight is 297 g/mol. The molecule has 0 aliphatic rings. The molecule has 2 heterocycles. The van der Waals surface area contributed by atoms with Gasteiger partial charge in [-0.05, 0) is 30.2 Å². The van der Waals surface area contributed by atoms with Crippen LogP contribution < -0.4 is 0 Å². The van der Waals surface area contributed by atoms with Gasteiger partial charge in [0, 0.05) is 17.8 Å². The van der Waals surface area contributed by atoms with Crippen molar-refractivity contribution in [2.75, 3.05) is 0 Å². The Morgan fingerprint density at radius 3 is 3.00 bits per heavy atom. The van der Waals surface area contributed by atoms with Crippen LogP contribution in [0.25, 0.3) is 5.13 Å². The molecule has 0 spiro atoms. The number of benzene rings is 1. The normalized spacial score (nSPS) is 11.1. The molecule has 0 atom stereocenters. The monoisotopic (exact) mass is 297 g/mol. The molecule has 0 saturated heterocycles. The highest BCUT2D eigenvalue weighted by atomic mass is 32.1. The quantitative estimate of drug-likeness (QED) is 0.531. The van der Waals surface area contributed by atoms with Crippen molar-refractivity contribution in [3.05, 3.63) is 71.0 Å². The standard InChI is InChI=1S/C16H15N3OS/c1-13-5-2-3-6-14(13)12-20-18-11-15-7-4-9-19(15)16-17-8-10-21-16/h2-11H,12H2,1H3/b18-11+. The highest BCUT2D eigenvalue weighted by Gasteiger charge is 2.03. The number of oxime groups is 1. The first-order chi connectivity index (χ1) is 10.3. The highest BCUT2D eigenvalue weighted by Crippen LogP contribution is 2.14. The van der Waals surface area contributed by atoms with Crippen LogP contribution in [0.2, 0.25) is 0 Å². The molecule has 3 aromatic rings. The van der Waals surface area contributed by atoms with Gasteiger partial charge in [0.2, 0.25) is 0 Å². The van der Waals surface area contributed by atoms with E-state index >= 15 is 0 Å². The lowest BCUT2D eigenvalue weighted by Crippen LogP contribution is -1.97. The van der Waals surface area contributed by atoms with Gasteiger partial charge in [-0.2, -0.15) is 0 Å². The van der Waals surface area contributed by atoms with E-state index in [0.29, 0.717) is 6.61 Å². The van der Waals surface area contributed by atoms with E-state index < -0.39 is 0 Å². The fourth-order valence-corrected chi connectivity index (χ4v) is 2.62. The number of rotatable bonds is 5. The lowest BCUT2D eigenvalue weighted by molar-refractivity contribution is 0.131. The van der Waals surface area contributed by atoms with Gasteiger partial charge in [0.1, 0.15) is 6.61 Å². The Hall–Kier alpha value is -2.40. The predicted molar refractivity (Wildman–Crippen MR) is 85.0 cm³/mol. The molecule has 0 bridgehead atoms. The van der Waals surface area contributed by atoms with Crippen LogP contribution in [0.4, 0.5) is 0 Å². The van der Waals surface area contributed by atoms with Crippen molar-refractivity contribution in [1.29, 1.82) is 0 Å². The second-order valence-electron chi connectivity index (χ2n) is 4.55. The third kappa shape index (κ3) is 3.20. The van der Waals surface area contributed by atoms with Crippen LogP contribution in [0.15, 0.2) is 59.3 Å². The van der Waals surface area contributed by atoms with Crippen molar-refractivity contribution in [2.24, 2.45) is 5.16 Å². The first kappa shape index (κ1) is 13.6. The molecule has 2 aromatic heterocycles. The van der Waals surface area contributed by atoms with E-state index in [4.69, 9.17) is 4.84 Å². The van der Waals surface area contributed by atoms with Gasteiger partial charge in [-0.3, -0.25) is 4.57 Å². The zero-order valence-corrected chi connectivity index (χ0v) is 12.5. The summed E-state index contributed by atoms with van der Waals surface area (Å²) in [6.45, 7) is 2.54. The Labute approximate surface area is 127 Å². The minimum atomic E-state index is 0.473. The van der Waals surface area contributed by atoms with E-state index in [-0.39, 0.29) is 0 Å². The fourth-order valence-electron chi connectivity index (χ4n) is 1.98. The maximum atomic E-state index is 5.39. The third-order valence-corrected chi connectivity index (χ3v) is 3.92. The van der Waals surface area contributed by atoms with Crippen LogP contribution in [0.5, 0.6) is 0 Å². The zero-order chi connectivity index (χ0) is 14.5. The summed E-state index contributed by atoms with van der Waals surface area (Å²) in [4.78, 5) is 9.67. The molecule has 106 valence electrons. The van der Waals surface area contributed by atoms with E-state index in [9.17, 15) is 0 Å². The molecule has 0 radical (unpaired) electrons. The molecule has 0 aliphatic heterocycles. The Morgan fingerprint density at radius 2 is 2.19 bits per heavy atom. The minimum absolute atomic E-state index is 0.473. The van der Waals surface area contributed by atoms with E-state index in [2.05, 4.69) is 23.1 Å². The summed E-state index contributed by atoms with van der Waals surface area (Å²) in [5.74, 6) is 0. The maximum absolute atomic E-state index is 5.39. The molecule has 4 nitrogen and oxygen atoms in total. The number of thiazole rings is 1. The molecule has 1 aromatic carbocycles. The Balaban J connectivity index is 1.65. The molecule has 0 unspecified atom stereocenters. The number of aryl methyl sites for hydroxylation is 1. The second kappa shape index (κ2) is 6.37. The van der Waals surface area contributed by atoms with E-state index in [1.54, 1.807) is 23.7 Å². The summed E-state index contributed by atoms with van der Waals surface area (Å²) in [5, 5.41) is 6.92. The molecule has 3 rings (SSSR count). The van der Waals surface area contributed by atoms with Gasteiger partial charge in [0.05, 0.1) is 11.9 Å². The largest absolute Gasteiger partial charge is 0.391 e. The van der Waals surface area contributed by atoms with Gasteiger partial charge in [0.25, 0.3) is 0 Å². The van der Waals surface area contributed by atoms with Crippen LogP contribution in [0.1, 0.15) is 16.8 Å². The summed E-state index contributed by atoms with van der Waals surface area (Å²) in [5.41, 5.74) is 3.29. The number of hydrogen-bond acceptors (Lipinski definition) is 4. The zero-order valence-electron chi connectivity index (χ0n) is 11.6. The van der Waals surface area contributed by atoms with Crippen molar-refractivity contribution in [2.45, 2.75) is 13.5 Å². The van der Waals surface area contributed by atoms with Crippen LogP contribution in [0.3, 0.4) is 0 Å². The van der Waals surface area contributed by atoms with Gasteiger partial charge in [-0.1, -0.05) is 29.4 Å². The molecule has 0 amide bonds. The fraction of sp³-hybridized carbons (Fsp3) is 0.125. The van der Waals surface area contributed by atoms with Crippen molar-refractivity contribution in [3.8, 4) is 5.13 Å². The third-order valence-electron chi connectivity index (χ3n) is 3.15. The Kier molecular flexibility index (Phi) is 4.12. The maximum Gasteiger partial charge on any atom is 0.193 e. The number of aromatic nitrogens is 2. The number of hydrogen-bond donors (Lipinski definition) is 0. The Bertz CT molecular complexity index is 732. The van der Waals surface area contributed by atoms with Crippen LogP contribution >= 0.6 is 11.3 Å². The topological polar surface area (TPSA) is 39.4 Å². The second-order valence-corrected chi connectivity index (χ2v) is 5.43. The van der Waals surface area contributed by atoms with Crippen molar-refractivity contribution in [3.63, 3.8) is 0 Å². The van der Waals surface area contributed by atoms with Gasteiger partial charge < -0.3 is 4.84 Å². The summed E-state index contributed by atoms with van der Waals surface area (Å²) < 4.78 is 1.98. The van der Waals surface area contributed by atoms with E-state index in [1.807, 2.05) is 46.5 Å². The molecule has 5 heteroatoms. The van der Waals surface area contributed by atoms with Crippen LogP contribution in [0, 0.1) is 6.92 Å². The summed E-state index contributed by atoms with van der Waals surface area (Å²) in [7, 11) is 0. The SMILES string of the molecule is Cc1ccccc1CO/N=C/c1cccn1-c1nccs1. The molecule has 0 fully saturated rings. The van der Waals surface area contributed by atoms with Gasteiger partial charge in [-0.25, -0.2) is 4.98 Å². The van der Waals surface area contributed by atoms with Gasteiger partial charge in [-0.15, -0.1) is 11.3 Å². The lowest BCUT2D eigenvalue weighted by Gasteiger charge is -2.04. The van der Waals surface area contributed by atoms with Crippen LogP contribution in [-0.2, 0) is 11.4 Å². The van der Waals surface area contributed by atoms with Crippen molar-refractivity contribution >= 4 is 17.6 Å². The molecule has 0 saturated carbocycles. The highest BCUT2D eigenvalue weighted by molar-refractivity contribution is 7.12. The first-order valence-corrected chi connectivity index (χ1v) is 7.49. The summed E-state index contributed by atoms with van der Waals surface area (Å²) >= 11 is 1.58. The van der Waals surface area contributed by atoms with E-state index in [0.717, 1.165) is 16.4 Å². The molecule has 0 N–H and O–H groups in total. The van der Waals surface area contributed by atoms with Crippen molar-refractivity contribution in [1.82, 2.24) is 9.55 Å². The van der Waals surface area contributed by atoms with Crippen molar-refractivity contribution < 1.29 is 4.84 Å². The Morgan fingerprint density at radius 1 is 1.29 bits per heavy atom. The molecule has 0 aliphatic carbocycles. The van der Waals surface area contributed by atoms with Gasteiger partial charge in [0.15, 0.2) is 5.13 Å². The summed E-state index contributed by atoms with van der Waals surface area (Å²) in [6.07, 6.45) is 5.46. The van der Waals surface area contributed by atoms with E-state index in [1.165, 1.54) is 5.56 Å². The lowest BCUT2D eigenvalue weighted by atomic mass is 10.1. The first-order valence-electron chi connectivity index (χ1n) is 6.61. The minimum Gasteiger partial charge on any atom is -0.391 e. The predicted octanol–water partition coefficient (Wildman–Crippen LogP) is 3.79. The van der Waals surface area contributed by atoms with Gasteiger partial charge >= 0.3 is 0 Å². The molecule has 21 heavy (non-hydrogen) atoms. The average Bonchev–Trinajstić information content (AvgIpc) is 3.16. The summed E-state index contributed by atoms with van der Waals surface area (Å²) in [6, 6.07) is 12.1. The van der Waals surface area contributed by atoms with Crippen LogP contribution in [-0.4, -0.2) is 15.8 Å². The molecular formula is C16H15N3OS. The smallest absolute Gasteiger partial charge is 0.193 e. The molecular weight excluding hydrogens is 282 g/mol.